The molecule has 4 heteroatoms. The van der Waals surface area contributed by atoms with Crippen LogP contribution in [0.2, 0.25) is 0 Å². The van der Waals surface area contributed by atoms with Gasteiger partial charge in [0.2, 0.25) is 0 Å². The normalized spacial score (nSPS) is 12.7. The second-order valence-corrected chi connectivity index (χ2v) is 5.58. The van der Waals surface area contributed by atoms with E-state index >= 15 is 0 Å². The molecule has 4 nitrogen and oxygen atoms in total. The number of carbonyl (C=O) groups excluding carboxylic acids is 1. The van der Waals surface area contributed by atoms with Crippen molar-refractivity contribution in [2.75, 3.05) is 6.61 Å². The third-order valence-electron chi connectivity index (χ3n) is 3.35. The lowest BCUT2D eigenvalue weighted by Gasteiger charge is -2.10. The summed E-state index contributed by atoms with van der Waals surface area (Å²) in [5.41, 5.74) is 1.25. The van der Waals surface area contributed by atoms with Gasteiger partial charge in [0.25, 0.3) is 0 Å². The molecule has 27 heavy (non-hydrogen) atoms. The van der Waals surface area contributed by atoms with Crippen LogP contribution in [0.1, 0.15) is 18.2 Å². The second kappa shape index (κ2) is 11.3. The van der Waals surface area contributed by atoms with E-state index in [4.69, 9.17) is 9.15 Å². The molecule has 1 aromatic rings. The van der Waals surface area contributed by atoms with E-state index in [1.54, 1.807) is 43.4 Å². The van der Waals surface area contributed by atoms with Crippen LogP contribution in [0.4, 0.5) is 0 Å². The Kier molecular flexibility index (Phi) is 9.03. The minimum absolute atomic E-state index is 0.120. The molecule has 1 aromatic heterocycles. The SMILES string of the molecule is C=CCO/C(C=C)=C(\C(=O)/C=C/C=C/C=C(/C)C=C)c1cc(C)cc(=O)o1. The molecular weight excluding hydrogens is 340 g/mol. The molecule has 0 saturated heterocycles. The summed E-state index contributed by atoms with van der Waals surface area (Å²) in [7, 11) is 0. The molecule has 0 bridgehead atoms. The number of hydrogen-bond donors (Lipinski definition) is 0. The first-order valence-electron chi connectivity index (χ1n) is 8.34. The zero-order valence-corrected chi connectivity index (χ0v) is 15.7. The Hall–Kier alpha value is -3.40. The van der Waals surface area contributed by atoms with E-state index in [1.165, 1.54) is 18.2 Å². The third-order valence-corrected chi connectivity index (χ3v) is 3.35. The molecule has 0 atom stereocenters. The fourth-order valence-corrected chi connectivity index (χ4v) is 2.04. The van der Waals surface area contributed by atoms with Crippen molar-refractivity contribution in [2.45, 2.75) is 13.8 Å². The van der Waals surface area contributed by atoms with Crippen molar-refractivity contribution in [1.29, 1.82) is 0 Å². The minimum atomic E-state index is -0.545. The summed E-state index contributed by atoms with van der Waals surface area (Å²) in [5, 5.41) is 0. The highest BCUT2D eigenvalue weighted by Crippen LogP contribution is 2.22. The van der Waals surface area contributed by atoms with Crippen molar-refractivity contribution in [1.82, 2.24) is 0 Å². The molecule has 0 aliphatic carbocycles. The van der Waals surface area contributed by atoms with Crippen molar-refractivity contribution < 1.29 is 13.9 Å². The van der Waals surface area contributed by atoms with Crippen molar-refractivity contribution in [2.24, 2.45) is 0 Å². The molecule has 0 fully saturated rings. The monoisotopic (exact) mass is 364 g/mol. The molecule has 0 aliphatic rings. The number of rotatable bonds is 10. The summed E-state index contributed by atoms with van der Waals surface area (Å²) in [6.07, 6.45) is 13.0. The highest BCUT2D eigenvalue weighted by molar-refractivity contribution is 6.26. The van der Waals surface area contributed by atoms with Gasteiger partial charge in [0.05, 0.1) is 0 Å². The van der Waals surface area contributed by atoms with Crippen LogP contribution < -0.4 is 5.63 Å². The van der Waals surface area contributed by atoms with Gasteiger partial charge in [0.15, 0.2) is 5.78 Å². The van der Waals surface area contributed by atoms with Crippen molar-refractivity contribution in [3.63, 3.8) is 0 Å². The Labute approximate surface area is 159 Å². The summed E-state index contributed by atoms with van der Waals surface area (Å²) >= 11 is 0. The lowest BCUT2D eigenvalue weighted by atomic mass is 10.0. The first kappa shape index (κ1) is 21.6. The summed E-state index contributed by atoms with van der Waals surface area (Å²) in [4.78, 5) is 24.5. The van der Waals surface area contributed by atoms with Gasteiger partial charge in [-0.2, -0.15) is 0 Å². The van der Waals surface area contributed by atoms with Crippen LogP contribution >= 0.6 is 0 Å². The number of aryl methyl sites for hydroxylation is 1. The maximum atomic E-state index is 12.8. The maximum Gasteiger partial charge on any atom is 0.336 e. The van der Waals surface area contributed by atoms with Crippen molar-refractivity contribution in [3.05, 3.63) is 114 Å². The third kappa shape index (κ3) is 7.16. The fourth-order valence-electron chi connectivity index (χ4n) is 2.04. The van der Waals surface area contributed by atoms with E-state index in [-0.39, 0.29) is 29.5 Å². The predicted molar refractivity (Wildman–Crippen MR) is 110 cm³/mol. The average Bonchev–Trinajstić information content (AvgIpc) is 2.63. The van der Waals surface area contributed by atoms with E-state index in [9.17, 15) is 9.59 Å². The number of ketones is 1. The van der Waals surface area contributed by atoms with E-state index in [0.29, 0.717) is 5.56 Å². The molecule has 0 spiro atoms. The first-order chi connectivity index (χ1) is 12.9. The summed E-state index contributed by atoms with van der Waals surface area (Å²) in [6, 6.07) is 2.95. The zero-order chi connectivity index (χ0) is 20.2. The van der Waals surface area contributed by atoms with Crippen molar-refractivity contribution in [3.8, 4) is 0 Å². The lowest BCUT2D eigenvalue weighted by Crippen LogP contribution is -2.08. The molecule has 1 heterocycles. The summed E-state index contributed by atoms with van der Waals surface area (Å²) in [6.45, 7) is 14.8. The van der Waals surface area contributed by atoms with E-state index in [2.05, 4.69) is 19.7 Å². The molecule has 0 aromatic carbocycles. The molecule has 1 rings (SSSR count). The van der Waals surface area contributed by atoms with Gasteiger partial charge in [0.1, 0.15) is 23.7 Å². The van der Waals surface area contributed by atoms with Gasteiger partial charge in [-0.25, -0.2) is 4.79 Å². The molecule has 0 unspecified atom stereocenters. The van der Waals surface area contributed by atoms with Gasteiger partial charge in [-0.3, -0.25) is 4.79 Å². The van der Waals surface area contributed by atoms with Crippen LogP contribution in [0.25, 0.3) is 5.57 Å². The van der Waals surface area contributed by atoms with E-state index in [1.807, 2.05) is 13.0 Å². The fraction of sp³-hybridized carbons (Fsp3) is 0.130. The number of carbonyl (C=O) groups is 1. The second-order valence-electron chi connectivity index (χ2n) is 5.58. The van der Waals surface area contributed by atoms with Gasteiger partial charge in [-0.15, -0.1) is 0 Å². The van der Waals surface area contributed by atoms with Crippen LogP contribution in [0.3, 0.4) is 0 Å². The highest BCUT2D eigenvalue weighted by Gasteiger charge is 2.18. The van der Waals surface area contributed by atoms with Crippen LogP contribution in [-0.4, -0.2) is 12.4 Å². The molecule has 0 saturated carbocycles. The van der Waals surface area contributed by atoms with Crippen molar-refractivity contribution >= 4 is 11.4 Å². The van der Waals surface area contributed by atoms with Crippen LogP contribution in [0, 0.1) is 6.92 Å². The Morgan fingerprint density at radius 2 is 1.89 bits per heavy atom. The Morgan fingerprint density at radius 3 is 2.48 bits per heavy atom. The number of hydrogen-bond acceptors (Lipinski definition) is 4. The Bertz CT molecular complexity index is 889. The molecule has 0 aliphatic heterocycles. The predicted octanol–water partition coefficient (Wildman–Crippen LogP) is 4.86. The van der Waals surface area contributed by atoms with Crippen LogP contribution in [0.5, 0.6) is 0 Å². The van der Waals surface area contributed by atoms with Gasteiger partial charge < -0.3 is 9.15 Å². The van der Waals surface area contributed by atoms with E-state index < -0.39 is 5.63 Å². The molecule has 0 N–H and O–H groups in total. The van der Waals surface area contributed by atoms with Crippen LogP contribution in [0.15, 0.2) is 101 Å². The van der Waals surface area contributed by atoms with E-state index in [0.717, 1.165) is 5.57 Å². The van der Waals surface area contributed by atoms with Gasteiger partial charge in [-0.05, 0) is 37.6 Å². The lowest BCUT2D eigenvalue weighted by molar-refractivity contribution is -0.109. The topological polar surface area (TPSA) is 56.5 Å². The largest absolute Gasteiger partial charge is 0.489 e. The Morgan fingerprint density at radius 1 is 1.15 bits per heavy atom. The standard InChI is InChI=1S/C23H24O4/c1-6-14-26-20(8-3)23(21-15-18(5)16-22(25)27-21)19(24)13-11-9-10-12-17(4)7-2/h6-13,15-16H,1-3,14H2,4-5H3/b10-9+,13-11+,17-12-,23-20+. The Balaban J connectivity index is 3.32. The average molecular weight is 364 g/mol. The van der Waals surface area contributed by atoms with Crippen LogP contribution in [-0.2, 0) is 9.53 Å². The highest BCUT2D eigenvalue weighted by atomic mass is 16.5. The summed E-state index contributed by atoms with van der Waals surface area (Å²) in [5.74, 6) is -0.0403. The molecule has 0 radical (unpaired) electrons. The molecular formula is C23H24O4. The molecule has 0 amide bonds. The van der Waals surface area contributed by atoms with Gasteiger partial charge in [-0.1, -0.05) is 61.8 Å². The maximum absolute atomic E-state index is 12.8. The summed E-state index contributed by atoms with van der Waals surface area (Å²) < 4.78 is 10.7. The van der Waals surface area contributed by atoms with Gasteiger partial charge in [0, 0.05) is 6.07 Å². The van der Waals surface area contributed by atoms with Gasteiger partial charge >= 0.3 is 5.63 Å². The zero-order valence-electron chi connectivity index (χ0n) is 15.7. The number of ether oxygens (including phenoxy) is 1. The molecule has 140 valence electrons. The minimum Gasteiger partial charge on any atom is -0.489 e. The first-order valence-corrected chi connectivity index (χ1v) is 8.34. The smallest absolute Gasteiger partial charge is 0.336 e. The quantitative estimate of drug-likeness (QED) is 0.257. The number of allylic oxidation sites excluding steroid dienone is 9.